The van der Waals surface area contributed by atoms with E-state index >= 15 is 0 Å². The summed E-state index contributed by atoms with van der Waals surface area (Å²) in [6, 6.07) is 9.13. The molecule has 0 radical (unpaired) electrons. The molecule has 3 aromatic heterocycles. The van der Waals surface area contributed by atoms with Crippen molar-refractivity contribution in [3.63, 3.8) is 0 Å². The van der Waals surface area contributed by atoms with Gasteiger partial charge < -0.3 is 29.2 Å². The number of benzene rings is 1. The lowest BCUT2D eigenvalue weighted by molar-refractivity contribution is 0.0606. The monoisotopic (exact) mass is 588 g/mol. The standard InChI is InChI=1S/C28H33FN6O3.2H2S/c1-4-34-25-21(9-18(11-23(25)37-2)28(36)33-14-19(29)12-20(30)15-33)31-27(34)22-10-17-7-8-24(38-3)32-26(17)35(22)13-16-5-6-16;;/h7-11,16,19-20H,4-6,12-15,30H2,1-3H3;2*1H2/t19-,20-;;/m0../s1. The number of aryl methyl sites for hydroxylation is 1. The number of nitrogens with zero attached hydrogens (tertiary/aromatic N) is 5. The quantitative estimate of drug-likeness (QED) is 0.347. The first-order chi connectivity index (χ1) is 18.4. The van der Waals surface area contributed by atoms with Crippen LogP contribution in [0.5, 0.6) is 11.6 Å². The van der Waals surface area contributed by atoms with Crippen LogP contribution in [0.2, 0.25) is 0 Å². The van der Waals surface area contributed by atoms with E-state index < -0.39 is 6.17 Å². The molecule has 1 saturated heterocycles. The van der Waals surface area contributed by atoms with Gasteiger partial charge in [-0.25, -0.2) is 9.37 Å². The number of nitrogens with two attached hydrogens (primary N) is 1. The number of amides is 1. The van der Waals surface area contributed by atoms with Gasteiger partial charge in [-0.3, -0.25) is 4.79 Å². The molecule has 2 atom stereocenters. The molecule has 1 aliphatic carbocycles. The second-order valence-electron chi connectivity index (χ2n) is 10.4. The molecule has 4 heterocycles. The predicted molar refractivity (Wildman–Crippen MR) is 164 cm³/mol. The van der Waals surface area contributed by atoms with Crippen molar-refractivity contribution in [2.75, 3.05) is 27.3 Å². The van der Waals surface area contributed by atoms with Gasteiger partial charge in [0.15, 0.2) is 5.82 Å². The normalized spacial score (nSPS) is 18.9. The zero-order valence-electron chi connectivity index (χ0n) is 23.0. The molecule has 216 valence electrons. The van der Waals surface area contributed by atoms with Gasteiger partial charge in [0.25, 0.3) is 5.91 Å². The average Bonchev–Trinajstić information content (AvgIpc) is 3.56. The fourth-order valence-corrected chi connectivity index (χ4v) is 5.59. The molecule has 12 heteroatoms. The molecule has 1 saturated carbocycles. The van der Waals surface area contributed by atoms with E-state index in [0.717, 1.165) is 34.6 Å². The summed E-state index contributed by atoms with van der Waals surface area (Å²) in [4.78, 5) is 24.7. The van der Waals surface area contributed by atoms with Crippen molar-refractivity contribution in [3.8, 4) is 23.1 Å². The Morgan fingerprint density at radius 1 is 1.07 bits per heavy atom. The number of imidazole rings is 1. The molecule has 0 unspecified atom stereocenters. The number of alkyl halides is 1. The maximum Gasteiger partial charge on any atom is 0.254 e. The zero-order valence-corrected chi connectivity index (χ0v) is 25.0. The summed E-state index contributed by atoms with van der Waals surface area (Å²) >= 11 is 0. The highest BCUT2D eigenvalue weighted by atomic mass is 32.1. The minimum absolute atomic E-state index is 0. The highest BCUT2D eigenvalue weighted by Gasteiger charge is 2.31. The van der Waals surface area contributed by atoms with Crippen LogP contribution in [0.1, 0.15) is 36.5 Å². The lowest BCUT2D eigenvalue weighted by Crippen LogP contribution is -2.50. The van der Waals surface area contributed by atoms with Crippen molar-refractivity contribution >= 4 is 55.0 Å². The van der Waals surface area contributed by atoms with E-state index in [4.69, 9.17) is 25.2 Å². The minimum atomic E-state index is -1.13. The number of halogens is 1. The fraction of sp³-hybridized carbons (Fsp3) is 0.464. The second kappa shape index (κ2) is 11.9. The van der Waals surface area contributed by atoms with E-state index in [9.17, 15) is 9.18 Å². The van der Waals surface area contributed by atoms with Crippen molar-refractivity contribution in [2.45, 2.75) is 51.5 Å². The van der Waals surface area contributed by atoms with E-state index in [2.05, 4.69) is 22.1 Å². The molecule has 4 aromatic rings. The Labute approximate surface area is 246 Å². The summed E-state index contributed by atoms with van der Waals surface area (Å²) in [5.41, 5.74) is 9.70. The number of ether oxygens (including phenoxy) is 2. The molecule has 1 aromatic carbocycles. The van der Waals surface area contributed by atoms with Crippen molar-refractivity contribution in [3.05, 3.63) is 35.9 Å². The molecule has 0 bridgehead atoms. The molecule has 1 aliphatic heterocycles. The molecule has 1 amide bonds. The Morgan fingerprint density at radius 3 is 2.50 bits per heavy atom. The summed E-state index contributed by atoms with van der Waals surface area (Å²) in [7, 11) is 3.21. The van der Waals surface area contributed by atoms with Crippen LogP contribution in [0.15, 0.2) is 30.3 Å². The van der Waals surface area contributed by atoms with Gasteiger partial charge in [-0.2, -0.15) is 32.0 Å². The Bertz CT molecular complexity index is 1530. The number of hydrogen-bond acceptors (Lipinski definition) is 6. The SMILES string of the molecule is CCn1c(-c2cc3ccc(OC)nc3n2CC2CC2)nc2cc(C(=O)N3C[C@@H](N)C[C@H](F)C3)cc(OC)c21.S.S. The van der Waals surface area contributed by atoms with Crippen LogP contribution in [0, 0.1) is 5.92 Å². The number of pyridine rings is 1. The predicted octanol–water partition coefficient (Wildman–Crippen LogP) is 4.24. The molecule has 2 aliphatic rings. The van der Waals surface area contributed by atoms with E-state index in [-0.39, 0.29) is 51.9 Å². The van der Waals surface area contributed by atoms with Gasteiger partial charge in [0.2, 0.25) is 5.88 Å². The zero-order chi connectivity index (χ0) is 26.6. The van der Waals surface area contributed by atoms with Gasteiger partial charge in [0.1, 0.15) is 23.1 Å². The largest absolute Gasteiger partial charge is 0.494 e. The maximum absolute atomic E-state index is 14.2. The van der Waals surface area contributed by atoms with Crippen molar-refractivity contribution in [1.82, 2.24) is 24.0 Å². The van der Waals surface area contributed by atoms with E-state index in [1.54, 1.807) is 26.4 Å². The van der Waals surface area contributed by atoms with Crippen LogP contribution in [0.3, 0.4) is 0 Å². The van der Waals surface area contributed by atoms with E-state index in [0.29, 0.717) is 41.7 Å². The Kier molecular flexibility index (Phi) is 8.91. The van der Waals surface area contributed by atoms with Gasteiger partial charge in [0.05, 0.1) is 32.0 Å². The van der Waals surface area contributed by atoms with Gasteiger partial charge in [0, 0.05) is 42.7 Å². The third kappa shape index (κ3) is 5.36. The Morgan fingerprint density at radius 2 is 1.85 bits per heavy atom. The molecular formula is C28H37FN6O3S2. The first-order valence-corrected chi connectivity index (χ1v) is 13.2. The Balaban J connectivity index is 0.00000185. The van der Waals surface area contributed by atoms with Gasteiger partial charge in [-0.15, -0.1) is 0 Å². The number of methoxy groups -OCH3 is 2. The molecule has 0 spiro atoms. The summed E-state index contributed by atoms with van der Waals surface area (Å²) in [6.45, 7) is 3.94. The molecular weight excluding hydrogens is 551 g/mol. The van der Waals surface area contributed by atoms with Crippen molar-refractivity contribution in [1.29, 1.82) is 0 Å². The summed E-state index contributed by atoms with van der Waals surface area (Å²) in [6.07, 6.45) is 1.55. The highest BCUT2D eigenvalue weighted by molar-refractivity contribution is 7.59. The van der Waals surface area contributed by atoms with Crippen LogP contribution >= 0.6 is 27.0 Å². The van der Waals surface area contributed by atoms with Crippen LogP contribution in [-0.2, 0) is 13.1 Å². The fourth-order valence-electron chi connectivity index (χ4n) is 5.59. The highest BCUT2D eigenvalue weighted by Crippen LogP contribution is 2.38. The third-order valence-corrected chi connectivity index (χ3v) is 7.60. The van der Waals surface area contributed by atoms with Gasteiger partial charge in [-0.1, -0.05) is 0 Å². The molecule has 9 nitrogen and oxygen atoms in total. The minimum Gasteiger partial charge on any atom is -0.494 e. The first kappa shape index (κ1) is 30.0. The third-order valence-electron chi connectivity index (χ3n) is 7.60. The number of carbonyl (C=O) groups is 1. The number of fused-ring (bicyclic) bond motifs is 2. The smallest absolute Gasteiger partial charge is 0.254 e. The number of aromatic nitrogens is 4. The topological polar surface area (TPSA) is 100 Å². The van der Waals surface area contributed by atoms with Gasteiger partial charge in [-0.05, 0) is 56.4 Å². The number of likely N-dealkylation sites (tertiary alicyclic amines) is 1. The van der Waals surface area contributed by atoms with Crippen LogP contribution in [-0.4, -0.2) is 69.4 Å². The molecule has 6 rings (SSSR count). The second-order valence-corrected chi connectivity index (χ2v) is 10.4. The van der Waals surface area contributed by atoms with E-state index in [1.165, 1.54) is 17.7 Å². The number of carbonyl (C=O) groups excluding carboxylic acids is 1. The number of rotatable bonds is 7. The van der Waals surface area contributed by atoms with Crippen molar-refractivity contribution in [2.24, 2.45) is 11.7 Å². The van der Waals surface area contributed by atoms with Crippen LogP contribution in [0.25, 0.3) is 33.6 Å². The number of hydrogen-bond donors (Lipinski definition) is 1. The Hall–Kier alpha value is -2.96. The molecule has 2 fully saturated rings. The molecule has 40 heavy (non-hydrogen) atoms. The first-order valence-electron chi connectivity index (χ1n) is 13.2. The number of piperidine rings is 1. The average molecular weight is 589 g/mol. The van der Waals surface area contributed by atoms with Crippen LogP contribution < -0.4 is 15.2 Å². The lowest BCUT2D eigenvalue weighted by atomic mass is 10.0. The lowest BCUT2D eigenvalue weighted by Gasteiger charge is -2.33. The van der Waals surface area contributed by atoms with E-state index in [1.807, 2.05) is 12.1 Å². The maximum atomic E-state index is 14.2. The summed E-state index contributed by atoms with van der Waals surface area (Å²) in [5.74, 6) is 2.25. The summed E-state index contributed by atoms with van der Waals surface area (Å²) < 4.78 is 29.7. The van der Waals surface area contributed by atoms with Crippen LogP contribution in [0.4, 0.5) is 4.39 Å². The van der Waals surface area contributed by atoms with Gasteiger partial charge >= 0.3 is 0 Å². The summed E-state index contributed by atoms with van der Waals surface area (Å²) in [5, 5.41) is 1.02. The molecule has 2 N–H and O–H groups in total. The van der Waals surface area contributed by atoms with Crippen molar-refractivity contribution < 1.29 is 18.7 Å².